The van der Waals surface area contributed by atoms with Crippen molar-refractivity contribution >= 4 is 18.7 Å². The molecule has 13 heavy (non-hydrogen) atoms. The lowest BCUT2D eigenvalue weighted by atomic mass is 10.0. The number of hydrogen-bond acceptors (Lipinski definition) is 3. The highest BCUT2D eigenvalue weighted by molar-refractivity contribution is 7.83. The van der Waals surface area contributed by atoms with Gasteiger partial charge in [-0.1, -0.05) is 0 Å². The Morgan fingerprint density at radius 3 is 2.69 bits per heavy atom. The minimum Gasteiger partial charge on any atom is -0.508 e. The Bertz CT molecular complexity index is 332. The van der Waals surface area contributed by atoms with Crippen LogP contribution in [0.15, 0.2) is 17.5 Å². The Kier molecular flexibility index (Phi) is 3.39. The van der Waals surface area contributed by atoms with E-state index in [9.17, 15) is 5.11 Å². The third kappa shape index (κ3) is 2.26. The van der Waals surface area contributed by atoms with Crippen molar-refractivity contribution in [2.24, 2.45) is 0 Å². The van der Waals surface area contributed by atoms with Crippen LogP contribution < -0.4 is 0 Å². The average Bonchev–Trinajstić information content (AvgIpc) is 2.13. The number of rotatable bonds is 2. The molecule has 0 amide bonds. The summed E-state index contributed by atoms with van der Waals surface area (Å²) >= 11 is 3.95. The van der Waals surface area contributed by atoms with Crippen LogP contribution in [0.5, 0.6) is 5.75 Å². The molecule has 2 N–H and O–H groups in total. The fourth-order valence-corrected chi connectivity index (χ4v) is 1.29. The zero-order valence-corrected chi connectivity index (χ0v) is 8.25. The first-order valence-electron chi connectivity index (χ1n) is 3.93. The van der Waals surface area contributed by atoms with Gasteiger partial charge in [-0.3, -0.25) is 0 Å². The summed E-state index contributed by atoms with van der Waals surface area (Å²) in [6.45, 7) is 1.75. The number of aromatic hydroxyl groups is 1. The number of phenolic OH excluding ortho intramolecular Hbond substituents is 1. The van der Waals surface area contributed by atoms with Gasteiger partial charge < -0.3 is 10.2 Å². The molecular formula is C10H12O2S. The highest BCUT2D eigenvalue weighted by Crippen LogP contribution is 2.23. The van der Waals surface area contributed by atoms with E-state index in [1.807, 2.05) is 13.0 Å². The lowest BCUT2D eigenvalue weighted by Gasteiger charge is -2.06. The minimum atomic E-state index is -0.0682. The van der Waals surface area contributed by atoms with Gasteiger partial charge in [0.2, 0.25) is 0 Å². The summed E-state index contributed by atoms with van der Waals surface area (Å²) in [4.78, 5) is 0. The predicted molar refractivity (Wildman–Crippen MR) is 56.8 cm³/mol. The molecule has 1 aromatic rings. The summed E-state index contributed by atoms with van der Waals surface area (Å²) in [5, 5.41) is 20.0. The molecule has 0 radical (unpaired) electrons. The van der Waals surface area contributed by atoms with Crippen LogP contribution in [0.4, 0.5) is 0 Å². The molecule has 0 aliphatic carbocycles. The maximum Gasteiger partial charge on any atom is 0.119 e. The highest BCUT2D eigenvalue weighted by Gasteiger charge is 2.02. The largest absolute Gasteiger partial charge is 0.508 e. The fourth-order valence-electron chi connectivity index (χ4n) is 1.13. The van der Waals surface area contributed by atoms with Crippen LogP contribution in [0.1, 0.15) is 16.7 Å². The molecule has 1 aromatic carbocycles. The Labute approximate surface area is 82.9 Å². The number of benzene rings is 1. The molecule has 0 saturated heterocycles. The lowest BCUT2D eigenvalue weighted by Crippen LogP contribution is -1.88. The summed E-state index contributed by atoms with van der Waals surface area (Å²) in [5.74, 6) is 0.202. The SMILES string of the molecule is Cc1c(O)cc(CO)cc1/C=C\S. The molecule has 0 aromatic heterocycles. The fraction of sp³-hybridized carbons (Fsp3) is 0.200. The molecule has 70 valence electrons. The average molecular weight is 196 g/mol. The van der Waals surface area contributed by atoms with E-state index in [1.54, 1.807) is 17.6 Å². The molecule has 1 rings (SSSR count). The van der Waals surface area contributed by atoms with Gasteiger partial charge in [-0.05, 0) is 47.2 Å². The van der Waals surface area contributed by atoms with Gasteiger partial charge in [0.1, 0.15) is 5.75 Å². The van der Waals surface area contributed by atoms with Crippen molar-refractivity contribution in [1.82, 2.24) is 0 Å². The van der Waals surface area contributed by atoms with E-state index in [1.165, 1.54) is 0 Å². The van der Waals surface area contributed by atoms with E-state index in [0.717, 1.165) is 11.1 Å². The number of thiol groups is 1. The molecule has 0 bridgehead atoms. The van der Waals surface area contributed by atoms with Crippen LogP contribution in [0.25, 0.3) is 6.08 Å². The first-order chi connectivity index (χ1) is 6.19. The second-order valence-corrected chi connectivity index (χ2v) is 3.10. The van der Waals surface area contributed by atoms with Crippen LogP contribution in [0, 0.1) is 6.92 Å². The maximum atomic E-state index is 9.47. The van der Waals surface area contributed by atoms with Crippen LogP contribution in [-0.2, 0) is 6.61 Å². The van der Waals surface area contributed by atoms with Gasteiger partial charge in [-0.15, -0.1) is 0 Å². The van der Waals surface area contributed by atoms with E-state index in [0.29, 0.717) is 5.56 Å². The molecule has 0 unspecified atom stereocenters. The maximum absolute atomic E-state index is 9.47. The van der Waals surface area contributed by atoms with Gasteiger partial charge in [-0.2, -0.15) is 12.6 Å². The molecule has 0 atom stereocenters. The number of aliphatic hydroxyl groups is 1. The monoisotopic (exact) mass is 196 g/mol. The molecule has 0 saturated carbocycles. The van der Waals surface area contributed by atoms with Crippen LogP contribution >= 0.6 is 12.6 Å². The zero-order chi connectivity index (χ0) is 9.84. The van der Waals surface area contributed by atoms with Gasteiger partial charge in [0.25, 0.3) is 0 Å². The molecule has 0 aliphatic heterocycles. The van der Waals surface area contributed by atoms with Crippen molar-refractivity contribution in [3.05, 3.63) is 34.2 Å². The van der Waals surface area contributed by atoms with Crippen molar-refractivity contribution in [3.63, 3.8) is 0 Å². The Hall–Kier alpha value is -0.930. The molecule has 0 fully saturated rings. The van der Waals surface area contributed by atoms with Crippen molar-refractivity contribution in [1.29, 1.82) is 0 Å². The number of hydrogen-bond donors (Lipinski definition) is 3. The Morgan fingerprint density at radius 1 is 1.46 bits per heavy atom. The third-order valence-electron chi connectivity index (χ3n) is 1.92. The van der Waals surface area contributed by atoms with Crippen LogP contribution in [-0.4, -0.2) is 10.2 Å². The topological polar surface area (TPSA) is 40.5 Å². The van der Waals surface area contributed by atoms with Gasteiger partial charge in [0, 0.05) is 0 Å². The van der Waals surface area contributed by atoms with E-state index in [4.69, 9.17) is 5.11 Å². The predicted octanol–water partition coefficient (Wildman–Crippen LogP) is 2.09. The molecule has 3 heteroatoms. The second kappa shape index (κ2) is 4.35. The first-order valence-corrected chi connectivity index (χ1v) is 4.44. The zero-order valence-electron chi connectivity index (χ0n) is 7.36. The second-order valence-electron chi connectivity index (χ2n) is 2.80. The number of aliphatic hydroxyl groups excluding tert-OH is 1. The normalized spacial score (nSPS) is 11.0. The number of phenols is 1. The molecule has 0 spiro atoms. The van der Waals surface area contributed by atoms with Gasteiger partial charge in [-0.25, -0.2) is 0 Å². The van der Waals surface area contributed by atoms with Crippen molar-refractivity contribution < 1.29 is 10.2 Å². The molecule has 2 nitrogen and oxygen atoms in total. The first kappa shape index (κ1) is 10.2. The van der Waals surface area contributed by atoms with E-state index in [2.05, 4.69) is 12.6 Å². The van der Waals surface area contributed by atoms with E-state index < -0.39 is 0 Å². The Balaban J connectivity index is 3.24. The van der Waals surface area contributed by atoms with Crippen molar-refractivity contribution in [3.8, 4) is 5.75 Å². The smallest absolute Gasteiger partial charge is 0.119 e. The minimum absolute atomic E-state index is 0.0682. The quantitative estimate of drug-likeness (QED) is 0.634. The van der Waals surface area contributed by atoms with E-state index in [-0.39, 0.29) is 12.4 Å². The third-order valence-corrected chi connectivity index (χ3v) is 2.07. The lowest BCUT2D eigenvalue weighted by molar-refractivity contribution is 0.281. The summed E-state index contributed by atoms with van der Waals surface area (Å²) in [5.41, 5.74) is 2.37. The molecular weight excluding hydrogens is 184 g/mol. The molecule has 0 aliphatic rings. The summed E-state index contributed by atoms with van der Waals surface area (Å²) in [6.07, 6.45) is 1.78. The summed E-state index contributed by atoms with van der Waals surface area (Å²) < 4.78 is 0. The highest BCUT2D eigenvalue weighted by atomic mass is 32.1. The van der Waals surface area contributed by atoms with Gasteiger partial charge in [0.15, 0.2) is 0 Å². The summed E-state index contributed by atoms with van der Waals surface area (Å²) in [6, 6.07) is 3.38. The van der Waals surface area contributed by atoms with Gasteiger partial charge >= 0.3 is 0 Å². The Morgan fingerprint density at radius 2 is 2.15 bits per heavy atom. The van der Waals surface area contributed by atoms with Crippen molar-refractivity contribution in [2.45, 2.75) is 13.5 Å². The van der Waals surface area contributed by atoms with Crippen molar-refractivity contribution in [2.75, 3.05) is 0 Å². The standard InChI is InChI=1S/C10H12O2S/c1-7-9(2-3-13)4-8(6-11)5-10(7)12/h2-5,11-13H,6H2,1H3/b3-2-. The van der Waals surface area contributed by atoms with E-state index >= 15 is 0 Å². The molecule has 0 heterocycles. The van der Waals surface area contributed by atoms with Gasteiger partial charge in [0.05, 0.1) is 6.61 Å². The van der Waals surface area contributed by atoms with Crippen LogP contribution in [0.2, 0.25) is 0 Å². The van der Waals surface area contributed by atoms with Crippen LogP contribution in [0.3, 0.4) is 0 Å². The summed E-state index contributed by atoms with van der Waals surface area (Å²) in [7, 11) is 0.